The lowest BCUT2D eigenvalue weighted by molar-refractivity contribution is 0.101. The van der Waals surface area contributed by atoms with Gasteiger partial charge in [0.1, 0.15) is 0 Å². The van der Waals surface area contributed by atoms with Crippen LogP contribution in [0.4, 0.5) is 0 Å². The van der Waals surface area contributed by atoms with E-state index >= 15 is 0 Å². The van der Waals surface area contributed by atoms with Gasteiger partial charge in [0.05, 0.1) is 0 Å². The summed E-state index contributed by atoms with van der Waals surface area (Å²) in [6.07, 6.45) is 3.40. The molecule has 0 aliphatic rings. The zero-order valence-corrected chi connectivity index (χ0v) is 11.5. The lowest BCUT2D eigenvalue weighted by Gasteiger charge is -2.04. The summed E-state index contributed by atoms with van der Waals surface area (Å²) < 4.78 is 0.877. The molecule has 86 valence electrons. The summed E-state index contributed by atoms with van der Waals surface area (Å²) in [6.45, 7) is 1.55. The minimum atomic E-state index is 0.0539. The van der Waals surface area contributed by atoms with Gasteiger partial charge in [0.2, 0.25) is 0 Å². The monoisotopic (exact) mass is 308 g/mol. The molecule has 0 aliphatic heterocycles. The molecule has 1 aromatic carbocycles. The predicted molar refractivity (Wildman–Crippen MR) is 70.3 cm³/mol. The quantitative estimate of drug-likeness (QED) is 0.642. The molecule has 0 N–H and O–H groups in total. The first-order valence-electron chi connectivity index (χ1n) is 4.92. The average Bonchev–Trinajstić information content (AvgIpc) is 2.33. The number of Topliss-reactive ketones (excluding diaryl/α,β-unsaturated/α-hetero) is 1. The first kappa shape index (κ1) is 12.3. The molecule has 0 atom stereocenters. The summed E-state index contributed by atoms with van der Waals surface area (Å²) >= 11 is 4.90. The van der Waals surface area contributed by atoms with Crippen LogP contribution in [0.2, 0.25) is 0 Å². The third kappa shape index (κ3) is 3.14. The fourth-order valence-corrected chi connectivity index (χ4v) is 2.58. The Balaban J connectivity index is 2.26. The number of carbonyl (C=O) groups excluding carboxylic acids is 1. The van der Waals surface area contributed by atoms with Gasteiger partial charge >= 0.3 is 0 Å². The Kier molecular flexibility index (Phi) is 3.91. The van der Waals surface area contributed by atoms with Crippen LogP contribution < -0.4 is 0 Å². The molecule has 0 bridgehead atoms. The number of hydrogen-bond donors (Lipinski definition) is 0. The van der Waals surface area contributed by atoms with Crippen molar-refractivity contribution < 1.29 is 4.79 Å². The van der Waals surface area contributed by atoms with E-state index in [1.165, 1.54) is 11.8 Å². The SMILES string of the molecule is CC(=O)c1ccc(Sc2ncccn2)c(Br)c1. The van der Waals surface area contributed by atoms with Crippen molar-refractivity contribution in [3.05, 3.63) is 46.7 Å². The first-order chi connectivity index (χ1) is 8.16. The van der Waals surface area contributed by atoms with E-state index in [0.717, 1.165) is 9.37 Å². The molecule has 0 saturated heterocycles. The molecule has 2 rings (SSSR count). The van der Waals surface area contributed by atoms with Crippen molar-refractivity contribution in [3.63, 3.8) is 0 Å². The largest absolute Gasteiger partial charge is 0.295 e. The van der Waals surface area contributed by atoms with Gasteiger partial charge in [-0.2, -0.15) is 0 Å². The highest BCUT2D eigenvalue weighted by molar-refractivity contribution is 9.10. The lowest BCUT2D eigenvalue weighted by atomic mass is 10.2. The van der Waals surface area contributed by atoms with Crippen molar-refractivity contribution in [2.24, 2.45) is 0 Å². The van der Waals surface area contributed by atoms with Crippen LogP contribution in [0, 0.1) is 0 Å². The van der Waals surface area contributed by atoms with Gasteiger partial charge in [-0.1, -0.05) is 6.07 Å². The highest BCUT2D eigenvalue weighted by Gasteiger charge is 2.07. The van der Waals surface area contributed by atoms with E-state index in [9.17, 15) is 4.79 Å². The van der Waals surface area contributed by atoms with Crippen LogP contribution in [-0.2, 0) is 0 Å². The maximum Gasteiger partial charge on any atom is 0.192 e. The molecular formula is C12H9BrN2OS. The second kappa shape index (κ2) is 5.42. The van der Waals surface area contributed by atoms with Gasteiger partial charge in [0.25, 0.3) is 0 Å². The van der Waals surface area contributed by atoms with Crippen LogP contribution in [0.15, 0.2) is 51.2 Å². The molecular weight excluding hydrogens is 300 g/mol. The molecule has 5 heteroatoms. The van der Waals surface area contributed by atoms with Crippen molar-refractivity contribution in [1.82, 2.24) is 9.97 Å². The van der Waals surface area contributed by atoms with Gasteiger partial charge in [0, 0.05) is 27.3 Å². The van der Waals surface area contributed by atoms with E-state index in [2.05, 4.69) is 25.9 Å². The fourth-order valence-electron chi connectivity index (χ4n) is 1.24. The standard InChI is InChI=1S/C12H9BrN2OS/c1-8(16)9-3-4-11(10(13)7-9)17-12-14-5-2-6-15-12/h2-7H,1H3. The van der Waals surface area contributed by atoms with Crippen molar-refractivity contribution >= 4 is 33.5 Å². The predicted octanol–water partition coefficient (Wildman–Crippen LogP) is 3.59. The van der Waals surface area contributed by atoms with E-state index in [0.29, 0.717) is 10.7 Å². The number of aromatic nitrogens is 2. The van der Waals surface area contributed by atoms with E-state index in [4.69, 9.17) is 0 Å². The highest BCUT2D eigenvalue weighted by atomic mass is 79.9. The third-order valence-corrected chi connectivity index (χ3v) is 3.97. The summed E-state index contributed by atoms with van der Waals surface area (Å²) in [5, 5.41) is 0.684. The molecule has 1 heterocycles. The lowest BCUT2D eigenvalue weighted by Crippen LogP contribution is -1.92. The molecule has 17 heavy (non-hydrogen) atoms. The van der Waals surface area contributed by atoms with Crippen molar-refractivity contribution in [2.75, 3.05) is 0 Å². The van der Waals surface area contributed by atoms with Crippen LogP contribution in [0.1, 0.15) is 17.3 Å². The van der Waals surface area contributed by atoms with Crippen molar-refractivity contribution in [2.45, 2.75) is 17.0 Å². The normalized spacial score (nSPS) is 10.2. The maximum atomic E-state index is 11.2. The molecule has 0 radical (unpaired) electrons. The minimum absolute atomic E-state index is 0.0539. The Hall–Kier alpha value is -1.20. The summed E-state index contributed by atoms with van der Waals surface area (Å²) in [5.74, 6) is 0.0539. The van der Waals surface area contributed by atoms with E-state index < -0.39 is 0 Å². The van der Waals surface area contributed by atoms with Gasteiger partial charge in [-0.25, -0.2) is 9.97 Å². The number of hydrogen-bond acceptors (Lipinski definition) is 4. The number of benzene rings is 1. The Morgan fingerprint density at radius 1 is 1.29 bits per heavy atom. The number of halogens is 1. The minimum Gasteiger partial charge on any atom is -0.295 e. The van der Waals surface area contributed by atoms with Gasteiger partial charge in [-0.15, -0.1) is 0 Å². The summed E-state index contributed by atoms with van der Waals surface area (Å²) in [5.41, 5.74) is 0.690. The van der Waals surface area contributed by atoms with Crippen LogP contribution in [0.25, 0.3) is 0 Å². The maximum absolute atomic E-state index is 11.2. The van der Waals surface area contributed by atoms with Gasteiger partial charge in [0.15, 0.2) is 10.9 Å². The van der Waals surface area contributed by atoms with Crippen LogP contribution >= 0.6 is 27.7 Å². The molecule has 0 unspecified atom stereocenters. The molecule has 0 spiro atoms. The Morgan fingerprint density at radius 2 is 2.00 bits per heavy atom. The zero-order chi connectivity index (χ0) is 12.3. The topological polar surface area (TPSA) is 42.9 Å². The highest BCUT2D eigenvalue weighted by Crippen LogP contribution is 2.31. The second-order valence-electron chi connectivity index (χ2n) is 3.33. The molecule has 2 aromatic rings. The average molecular weight is 309 g/mol. The molecule has 3 nitrogen and oxygen atoms in total. The van der Waals surface area contributed by atoms with E-state index in [1.807, 2.05) is 12.1 Å². The summed E-state index contributed by atoms with van der Waals surface area (Å²) in [7, 11) is 0. The Bertz CT molecular complexity index is 545. The van der Waals surface area contributed by atoms with Crippen molar-refractivity contribution in [3.8, 4) is 0 Å². The van der Waals surface area contributed by atoms with Crippen LogP contribution in [-0.4, -0.2) is 15.8 Å². The van der Waals surface area contributed by atoms with Crippen molar-refractivity contribution in [1.29, 1.82) is 0 Å². The Labute approximate surface area is 112 Å². The van der Waals surface area contributed by atoms with E-state index in [1.54, 1.807) is 31.5 Å². The summed E-state index contributed by atoms with van der Waals surface area (Å²) in [4.78, 5) is 20.5. The van der Waals surface area contributed by atoms with Gasteiger partial charge in [-0.3, -0.25) is 4.79 Å². The molecule has 0 saturated carbocycles. The first-order valence-corrected chi connectivity index (χ1v) is 6.53. The molecule has 0 amide bonds. The smallest absolute Gasteiger partial charge is 0.192 e. The third-order valence-electron chi connectivity index (χ3n) is 2.08. The fraction of sp³-hybridized carbons (Fsp3) is 0.0833. The number of rotatable bonds is 3. The second-order valence-corrected chi connectivity index (χ2v) is 5.20. The number of nitrogens with zero attached hydrogens (tertiary/aromatic N) is 2. The van der Waals surface area contributed by atoms with Crippen LogP contribution in [0.3, 0.4) is 0 Å². The Morgan fingerprint density at radius 3 is 2.59 bits per heavy atom. The summed E-state index contributed by atoms with van der Waals surface area (Å²) in [6, 6.07) is 7.28. The molecule has 0 aliphatic carbocycles. The van der Waals surface area contributed by atoms with E-state index in [-0.39, 0.29) is 5.78 Å². The molecule has 1 aromatic heterocycles. The van der Waals surface area contributed by atoms with Crippen LogP contribution in [0.5, 0.6) is 0 Å². The number of ketones is 1. The van der Waals surface area contributed by atoms with Gasteiger partial charge < -0.3 is 0 Å². The number of carbonyl (C=O) groups is 1. The molecule has 0 fully saturated rings. The van der Waals surface area contributed by atoms with Gasteiger partial charge in [-0.05, 0) is 52.8 Å². The zero-order valence-electron chi connectivity index (χ0n) is 9.05.